The van der Waals surface area contributed by atoms with Crippen molar-refractivity contribution in [3.63, 3.8) is 0 Å². The molecule has 7 heteroatoms. The van der Waals surface area contributed by atoms with Crippen LogP contribution >= 0.6 is 0 Å². The van der Waals surface area contributed by atoms with Gasteiger partial charge in [-0.15, -0.1) is 0 Å². The minimum atomic E-state index is -0.667. The Morgan fingerprint density at radius 2 is 1.08 bits per heavy atom. The van der Waals surface area contributed by atoms with E-state index in [1.807, 2.05) is 43.3 Å². The maximum Gasteiger partial charge on any atom is 0.134 e. The summed E-state index contributed by atoms with van der Waals surface area (Å²) in [5.41, 5.74) is 4.07. The molecule has 0 spiro atoms. The normalized spacial score (nSPS) is 19.4. The minimum absolute atomic E-state index is 0.170. The van der Waals surface area contributed by atoms with Gasteiger partial charge >= 0.3 is 0 Å². The van der Waals surface area contributed by atoms with Crippen molar-refractivity contribution in [1.29, 1.82) is 0 Å². The van der Waals surface area contributed by atoms with Gasteiger partial charge in [0.25, 0.3) is 0 Å². The first-order valence-electron chi connectivity index (χ1n) is 18.3. The number of ether oxygens (including phenoxy) is 6. The summed E-state index contributed by atoms with van der Waals surface area (Å²) < 4.78 is 35.0. The number of hydrogen-bond acceptors (Lipinski definition) is 7. The average molecular weight is 695 g/mol. The van der Waals surface area contributed by atoms with E-state index in [9.17, 15) is 5.11 Å². The average Bonchev–Trinajstić information content (AvgIpc) is 4.06. The lowest BCUT2D eigenvalue weighted by molar-refractivity contribution is 0.0520. The lowest BCUT2D eigenvalue weighted by Crippen LogP contribution is -2.37. The van der Waals surface area contributed by atoms with Crippen molar-refractivity contribution in [2.45, 2.75) is 102 Å². The highest BCUT2D eigenvalue weighted by molar-refractivity contribution is 5.43. The van der Waals surface area contributed by atoms with Crippen molar-refractivity contribution in [2.24, 2.45) is 0 Å². The Balaban J connectivity index is 0.954. The van der Waals surface area contributed by atoms with Crippen LogP contribution in [-0.2, 0) is 20.3 Å². The lowest BCUT2D eigenvalue weighted by atomic mass is 9.78. The third-order valence-corrected chi connectivity index (χ3v) is 10.6. The molecule has 2 aliphatic heterocycles. The van der Waals surface area contributed by atoms with Crippen molar-refractivity contribution < 1.29 is 33.5 Å². The van der Waals surface area contributed by atoms with Crippen LogP contribution in [0.2, 0.25) is 0 Å². The van der Waals surface area contributed by atoms with Crippen LogP contribution in [0.4, 0.5) is 0 Å². The molecule has 5 atom stereocenters. The van der Waals surface area contributed by atoms with Gasteiger partial charge in [-0.25, -0.2) is 0 Å². The maximum atomic E-state index is 10.8. The molecule has 0 aromatic heterocycles. The lowest BCUT2D eigenvalue weighted by Gasteiger charge is -2.29. The number of aliphatic hydroxyl groups excluding tert-OH is 1. The molecule has 272 valence electrons. The third kappa shape index (κ3) is 9.26. The molecular weight excluding hydrogens is 640 g/mol. The standard InChI is InChI=1S/C44H54O7/c1-8-44(7,41-29-49-41)51-39-23-15-34(16-24-39)43(5,6)31-9-17-36(18-10-31)46-26-35(45)25-30(2)50-38-21-13-33(14-22-38)42(3,4)32-11-19-37(20-12-32)47-27-40-28-48-40/h9-24,30,35,40-41,45H,8,25-29H2,1-7H3. The van der Waals surface area contributed by atoms with E-state index >= 15 is 0 Å². The van der Waals surface area contributed by atoms with Gasteiger partial charge in [0, 0.05) is 17.3 Å². The van der Waals surface area contributed by atoms with Crippen molar-refractivity contribution in [1.82, 2.24) is 0 Å². The molecule has 2 heterocycles. The van der Waals surface area contributed by atoms with Crippen molar-refractivity contribution in [3.8, 4) is 23.0 Å². The molecule has 0 saturated carbocycles. The molecule has 51 heavy (non-hydrogen) atoms. The Morgan fingerprint density at radius 1 is 0.647 bits per heavy atom. The summed E-state index contributed by atoms with van der Waals surface area (Å²) in [4.78, 5) is 0. The zero-order chi connectivity index (χ0) is 36.2. The van der Waals surface area contributed by atoms with E-state index in [0.29, 0.717) is 13.0 Å². The smallest absolute Gasteiger partial charge is 0.134 e. The Hall–Kier alpha value is -4.04. The first kappa shape index (κ1) is 36.7. The van der Waals surface area contributed by atoms with Gasteiger partial charge in [-0.3, -0.25) is 0 Å². The Labute approximate surface area is 303 Å². The van der Waals surface area contributed by atoms with Gasteiger partial charge in [0.15, 0.2) is 0 Å². The molecule has 6 rings (SSSR count). The summed E-state index contributed by atoms with van der Waals surface area (Å²) in [5.74, 6) is 3.21. The Bertz CT molecular complexity index is 1690. The van der Waals surface area contributed by atoms with Crippen molar-refractivity contribution in [2.75, 3.05) is 26.4 Å². The molecule has 4 aromatic carbocycles. The van der Waals surface area contributed by atoms with Gasteiger partial charge in [-0.2, -0.15) is 0 Å². The van der Waals surface area contributed by atoms with Crippen LogP contribution in [0.5, 0.6) is 23.0 Å². The third-order valence-electron chi connectivity index (χ3n) is 10.6. The van der Waals surface area contributed by atoms with Crippen LogP contribution in [0.3, 0.4) is 0 Å². The summed E-state index contributed by atoms with van der Waals surface area (Å²) in [5, 5.41) is 10.8. The van der Waals surface area contributed by atoms with Gasteiger partial charge in [0.1, 0.15) is 54.0 Å². The molecule has 1 N–H and O–H groups in total. The van der Waals surface area contributed by atoms with Crippen LogP contribution in [0.15, 0.2) is 97.1 Å². The SMILES string of the molecule is CCC(C)(Oc1ccc(C(C)(C)c2ccc(OCC(O)CC(C)Oc3ccc(C(C)(C)c4ccc(OCC5CO5)cc4)cc3)cc2)cc1)C1CO1. The second-order valence-electron chi connectivity index (χ2n) is 15.3. The van der Waals surface area contributed by atoms with Crippen LogP contribution in [0.25, 0.3) is 0 Å². The molecule has 2 aliphatic rings. The van der Waals surface area contributed by atoms with E-state index in [0.717, 1.165) is 42.6 Å². The van der Waals surface area contributed by atoms with E-state index in [1.54, 1.807) is 0 Å². The fraction of sp³-hybridized carbons (Fsp3) is 0.455. The van der Waals surface area contributed by atoms with E-state index in [4.69, 9.17) is 28.4 Å². The topological polar surface area (TPSA) is 82.2 Å². The van der Waals surface area contributed by atoms with E-state index < -0.39 is 6.10 Å². The molecule has 0 aliphatic carbocycles. The second-order valence-corrected chi connectivity index (χ2v) is 15.3. The zero-order valence-corrected chi connectivity index (χ0v) is 31.2. The molecule has 0 bridgehead atoms. The highest BCUT2D eigenvalue weighted by Gasteiger charge is 2.44. The largest absolute Gasteiger partial charge is 0.491 e. The number of rotatable bonds is 18. The highest BCUT2D eigenvalue weighted by Crippen LogP contribution is 2.37. The van der Waals surface area contributed by atoms with Crippen LogP contribution in [0, 0.1) is 0 Å². The molecule has 4 aromatic rings. The fourth-order valence-electron chi connectivity index (χ4n) is 6.47. The monoisotopic (exact) mass is 694 g/mol. The van der Waals surface area contributed by atoms with E-state index in [2.05, 4.69) is 102 Å². The summed E-state index contributed by atoms with van der Waals surface area (Å²) in [7, 11) is 0. The molecule has 5 unspecified atom stereocenters. The predicted octanol–water partition coefficient (Wildman–Crippen LogP) is 8.66. The summed E-state index contributed by atoms with van der Waals surface area (Å²) in [6.07, 6.45) is 0.898. The van der Waals surface area contributed by atoms with Gasteiger partial charge in [0.2, 0.25) is 0 Å². The summed E-state index contributed by atoms with van der Waals surface area (Å²) >= 11 is 0. The van der Waals surface area contributed by atoms with Crippen molar-refractivity contribution >= 4 is 0 Å². The fourth-order valence-corrected chi connectivity index (χ4v) is 6.47. The van der Waals surface area contributed by atoms with Gasteiger partial charge < -0.3 is 33.5 Å². The summed E-state index contributed by atoms with van der Waals surface area (Å²) in [6, 6.07) is 33.0. The molecular formula is C44H54O7. The van der Waals surface area contributed by atoms with Crippen LogP contribution in [0.1, 0.15) is 83.6 Å². The molecule has 2 saturated heterocycles. The quantitative estimate of drug-likeness (QED) is 0.104. The summed E-state index contributed by atoms with van der Waals surface area (Å²) in [6.45, 7) is 17.4. The highest BCUT2D eigenvalue weighted by atomic mass is 16.6. The molecule has 7 nitrogen and oxygen atoms in total. The molecule has 0 radical (unpaired) electrons. The number of benzene rings is 4. The minimum Gasteiger partial charge on any atom is -0.491 e. The zero-order valence-electron chi connectivity index (χ0n) is 31.2. The number of aliphatic hydroxyl groups is 1. The van der Waals surface area contributed by atoms with E-state index in [1.165, 1.54) is 22.3 Å². The van der Waals surface area contributed by atoms with Crippen molar-refractivity contribution in [3.05, 3.63) is 119 Å². The van der Waals surface area contributed by atoms with Gasteiger partial charge in [0.05, 0.1) is 25.4 Å². The maximum absolute atomic E-state index is 10.8. The first-order chi connectivity index (χ1) is 24.4. The number of epoxide rings is 2. The second kappa shape index (κ2) is 15.3. The van der Waals surface area contributed by atoms with Gasteiger partial charge in [-0.1, -0.05) is 83.1 Å². The first-order valence-corrected chi connectivity index (χ1v) is 18.3. The van der Waals surface area contributed by atoms with E-state index in [-0.39, 0.29) is 41.3 Å². The Kier molecular flexibility index (Phi) is 11.0. The van der Waals surface area contributed by atoms with Crippen LogP contribution < -0.4 is 18.9 Å². The predicted molar refractivity (Wildman–Crippen MR) is 201 cm³/mol. The molecule has 2 fully saturated rings. The van der Waals surface area contributed by atoms with Crippen LogP contribution in [-0.4, -0.2) is 61.6 Å². The Morgan fingerprint density at radius 3 is 1.51 bits per heavy atom. The van der Waals surface area contributed by atoms with Gasteiger partial charge in [-0.05, 0) is 91.1 Å². The molecule has 0 amide bonds. The number of hydrogen-bond donors (Lipinski definition) is 1.